The van der Waals surface area contributed by atoms with Crippen LogP contribution >= 0.6 is 0 Å². The van der Waals surface area contributed by atoms with Crippen LogP contribution in [-0.4, -0.2) is 6.54 Å². The zero-order valence-corrected chi connectivity index (χ0v) is 10.4. The molecular weight excluding hydrogens is 201 g/mol. The van der Waals surface area contributed by atoms with Gasteiger partial charge in [0.15, 0.2) is 0 Å². The van der Waals surface area contributed by atoms with Crippen molar-refractivity contribution in [3.05, 3.63) is 29.6 Å². The average molecular weight is 223 g/mol. The molecule has 0 heterocycles. The van der Waals surface area contributed by atoms with Crippen molar-refractivity contribution in [3.8, 4) is 0 Å². The molecule has 90 valence electrons. The molecule has 0 atom stereocenters. The molecule has 0 aromatic heterocycles. The van der Waals surface area contributed by atoms with Gasteiger partial charge < -0.3 is 5.32 Å². The van der Waals surface area contributed by atoms with Gasteiger partial charge in [0.2, 0.25) is 0 Å². The smallest absolute Gasteiger partial charge is 0.125 e. The van der Waals surface area contributed by atoms with Crippen LogP contribution in [0.4, 0.5) is 10.1 Å². The lowest BCUT2D eigenvalue weighted by atomic mass is 10.1. The zero-order chi connectivity index (χ0) is 11.8. The Bertz CT molecular complexity index is 310. The van der Waals surface area contributed by atoms with Gasteiger partial charge in [-0.2, -0.15) is 0 Å². The highest BCUT2D eigenvalue weighted by molar-refractivity contribution is 5.50. The molecule has 1 rings (SSSR count). The Hall–Kier alpha value is -1.05. The van der Waals surface area contributed by atoms with Crippen LogP contribution in [0.2, 0.25) is 0 Å². The van der Waals surface area contributed by atoms with Crippen molar-refractivity contribution in [2.24, 2.45) is 0 Å². The molecule has 0 fully saturated rings. The lowest BCUT2D eigenvalue weighted by Gasteiger charge is -2.09. The average Bonchev–Trinajstić information content (AvgIpc) is 2.28. The van der Waals surface area contributed by atoms with Gasteiger partial charge in [0.05, 0.1) is 0 Å². The van der Waals surface area contributed by atoms with E-state index in [1.807, 2.05) is 13.0 Å². The number of rotatable bonds is 7. The number of halogens is 1. The zero-order valence-electron chi connectivity index (χ0n) is 10.4. The second-order valence-corrected chi connectivity index (χ2v) is 4.30. The van der Waals surface area contributed by atoms with Gasteiger partial charge in [-0.25, -0.2) is 4.39 Å². The molecule has 0 aliphatic carbocycles. The fourth-order valence-electron chi connectivity index (χ4n) is 1.74. The fraction of sp³-hybridized carbons (Fsp3) is 0.571. The normalized spacial score (nSPS) is 10.4. The molecule has 0 unspecified atom stereocenters. The van der Waals surface area contributed by atoms with Gasteiger partial charge in [-0.15, -0.1) is 0 Å². The molecule has 0 spiro atoms. The third-order valence-corrected chi connectivity index (χ3v) is 2.80. The first-order chi connectivity index (χ1) is 7.74. The Kier molecular flexibility index (Phi) is 5.91. The van der Waals surface area contributed by atoms with Crippen LogP contribution in [0.5, 0.6) is 0 Å². The summed E-state index contributed by atoms with van der Waals surface area (Å²) in [6, 6.07) is 4.89. The van der Waals surface area contributed by atoms with Crippen molar-refractivity contribution in [2.75, 3.05) is 11.9 Å². The predicted molar refractivity (Wildman–Crippen MR) is 68.4 cm³/mol. The number of hydrogen-bond donors (Lipinski definition) is 1. The van der Waals surface area contributed by atoms with Crippen LogP contribution in [0, 0.1) is 12.7 Å². The lowest BCUT2D eigenvalue weighted by Crippen LogP contribution is -2.03. The molecule has 0 saturated carbocycles. The van der Waals surface area contributed by atoms with Crippen molar-refractivity contribution in [1.29, 1.82) is 0 Å². The minimum absolute atomic E-state index is 0.168. The lowest BCUT2D eigenvalue weighted by molar-refractivity contribution is 0.626. The summed E-state index contributed by atoms with van der Waals surface area (Å²) in [5.41, 5.74) is 2.03. The number of anilines is 1. The van der Waals surface area contributed by atoms with Gasteiger partial charge in [0.25, 0.3) is 0 Å². The maximum Gasteiger partial charge on any atom is 0.125 e. The van der Waals surface area contributed by atoms with Gasteiger partial charge in [-0.3, -0.25) is 0 Å². The molecular formula is C14H22FN. The van der Waals surface area contributed by atoms with Crippen molar-refractivity contribution < 1.29 is 4.39 Å². The number of benzene rings is 1. The summed E-state index contributed by atoms with van der Waals surface area (Å²) in [6.07, 6.45) is 6.32. The third-order valence-electron chi connectivity index (χ3n) is 2.80. The Morgan fingerprint density at radius 1 is 1.12 bits per heavy atom. The van der Waals surface area contributed by atoms with Gasteiger partial charge in [-0.1, -0.05) is 38.7 Å². The molecule has 0 aliphatic rings. The second-order valence-electron chi connectivity index (χ2n) is 4.30. The summed E-state index contributed by atoms with van der Waals surface area (Å²) in [5, 5.41) is 3.29. The summed E-state index contributed by atoms with van der Waals surface area (Å²) in [7, 11) is 0. The van der Waals surface area contributed by atoms with E-state index in [1.165, 1.54) is 31.7 Å². The Balaban J connectivity index is 2.23. The van der Waals surface area contributed by atoms with Crippen LogP contribution in [-0.2, 0) is 0 Å². The molecule has 0 radical (unpaired) electrons. The molecule has 1 aromatic rings. The summed E-state index contributed by atoms with van der Waals surface area (Å²) in [5.74, 6) is -0.168. The number of unbranched alkanes of at least 4 members (excludes halogenated alkanes) is 4. The Labute approximate surface area is 98.1 Å². The molecule has 1 N–H and O–H groups in total. The standard InChI is InChI=1S/C14H22FN/c1-3-4-5-6-7-10-16-14-11-13(15)9-8-12(14)2/h8-9,11,16H,3-7,10H2,1-2H3. The first-order valence-electron chi connectivity index (χ1n) is 6.24. The first kappa shape index (κ1) is 13.0. The Morgan fingerprint density at radius 2 is 1.88 bits per heavy atom. The van der Waals surface area contributed by atoms with E-state index in [9.17, 15) is 4.39 Å². The van der Waals surface area contributed by atoms with E-state index in [0.29, 0.717) is 0 Å². The SMILES string of the molecule is CCCCCCCNc1cc(F)ccc1C. The van der Waals surface area contributed by atoms with E-state index in [2.05, 4.69) is 12.2 Å². The molecule has 0 saturated heterocycles. The van der Waals surface area contributed by atoms with Crippen LogP contribution in [0.25, 0.3) is 0 Å². The van der Waals surface area contributed by atoms with E-state index in [0.717, 1.165) is 24.2 Å². The van der Waals surface area contributed by atoms with Gasteiger partial charge in [0.1, 0.15) is 5.82 Å². The molecule has 0 amide bonds. The highest BCUT2D eigenvalue weighted by Gasteiger charge is 1.99. The van der Waals surface area contributed by atoms with Gasteiger partial charge in [-0.05, 0) is 31.0 Å². The van der Waals surface area contributed by atoms with Crippen LogP contribution < -0.4 is 5.32 Å². The van der Waals surface area contributed by atoms with E-state index in [4.69, 9.17) is 0 Å². The number of hydrogen-bond acceptors (Lipinski definition) is 1. The second kappa shape index (κ2) is 7.26. The number of nitrogens with one attached hydrogen (secondary N) is 1. The number of aryl methyl sites for hydroxylation is 1. The molecule has 16 heavy (non-hydrogen) atoms. The van der Waals surface area contributed by atoms with Gasteiger partial charge >= 0.3 is 0 Å². The summed E-state index contributed by atoms with van der Waals surface area (Å²) in [6.45, 7) is 5.15. The summed E-state index contributed by atoms with van der Waals surface area (Å²) in [4.78, 5) is 0. The van der Waals surface area contributed by atoms with Crippen LogP contribution in [0.15, 0.2) is 18.2 Å². The van der Waals surface area contributed by atoms with E-state index < -0.39 is 0 Å². The van der Waals surface area contributed by atoms with Crippen molar-refractivity contribution >= 4 is 5.69 Å². The molecule has 1 aromatic carbocycles. The summed E-state index contributed by atoms with van der Waals surface area (Å²) < 4.78 is 13.0. The minimum atomic E-state index is -0.168. The molecule has 0 aliphatic heterocycles. The molecule has 1 nitrogen and oxygen atoms in total. The Morgan fingerprint density at radius 3 is 2.62 bits per heavy atom. The maximum absolute atomic E-state index is 13.0. The third kappa shape index (κ3) is 4.65. The highest BCUT2D eigenvalue weighted by Crippen LogP contribution is 2.16. The maximum atomic E-state index is 13.0. The van der Waals surface area contributed by atoms with Crippen molar-refractivity contribution in [2.45, 2.75) is 46.0 Å². The van der Waals surface area contributed by atoms with E-state index in [-0.39, 0.29) is 5.82 Å². The topological polar surface area (TPSA) is 12.0 Å². The molecule has 0 bridgehead atoms. The van der Waals surface area contributed by atoms with E-state index in [1.54, 1.807) is 6.07 Å². The van der Waals surface area contributed by atoms with Crippen LogP contribution in [0.1, 0.15) is 44.6 Å². The largest absolute Gasteiger partial charge is 0.385 e. The van der Waals surface area contributed by atoms with Crippen molar-refractivity contribution in [1.82, 2.24) is 0 Å². The monoisotopic (exact) mass is 223 g/mol. The predicted octanol–water partition coefficient (Wildman–Crippen LogP) is 4.52. The molecule has 2 heteroatoms. The quantitative estimate of drug-likeness (QED) is 0.670. The van der Waals surface area contributed by atoms with Crippen molar-refractivity contribution in [3.63, 3.8) is 0 Å². The minimum Gasteiger partial charge on any atom is -0.385 e. The van der Waals surface area contributed by atoms with Crippen LogP contribution in [0.3, 0.4) is 0 Å². The summed E-state index contributed by atoms with van der Waals surface area (Å²) >= 11 is 0. The fourth-order valence-corrected chi connectivity index (χ4v) is 1.74. The van der Waals surface area contributed by atoms with E-state index >= 15 is 0 Å². The van der Waals surface area contributed by atoms with Gasteiger partial charge in [0, 0.05) is 12.2 Å². The highest BCUT2D eigenvalue weighted by atomic mass is 19.1. The first-order valence-corrected chi connectivity index (χ1v) is 6.24.